The zero-order chi connectivity index (χ0) is 12.5. The molecule has 5 nitrogen and oxygen atoms in total. The quantitative estimate of drug-likeness (QED) is 0.792. The molecule has 5 heteroatoms. The highest BCUT2D eigenvalue weighted by atomic mass is 16.1. The summed E-state index contributed by atoms with van der Waals surface area (Å²) in [6.45, 7) is 2.07. The van der Waals surface area contributed by atoms with Crippen LogP contribution in [-0.4, -0.2) is 43.1 Å². The van der Waals surface area contributed by atoms with Gasteiger partial charge in [0.1, 0.15) is 5.82 Å². The van der Waals surface area contributed by atoms with E-state index < -0.39 is 0 Å². The van der Waals surface area contributed by atoms with E-state index in [1.165, 1.54) is 12.8 Å². The molecule has 3 aliphatic rings. The molecular formula is C13H18N4O. The van der Waals surface area contributed by atoms with Crippen molar-refractivity contribution in [2.45, 2.75) is 24.9 Å². The Bertz CT molecular complexity index is 437. The maximum Gasteiger partial charge on any atom is 0.252 e. The van der Waals surface area contributed by atoms with Gasteiger partial charge in [0.25, 0.3) is 5.91 Å². The highest BCUT2D eigenvalue weighted by Crippen LogP contribution is 2.26. The van der Waals surface area contributed by atoms with E-state index in [1.54, 1.807) is 13.2 Å². The minimum atomic E-state index is -0.0871. The predicted molar refractivity (Wildman–Crippen MR) is 69.8 cm³/mol. The third-order valence-corrected chi connectivity index (χ3v) is 3.88. The zero-order valence-electron chi connectivity index (χ0n) is 10.5. The number of aromatic nitrogens is 1. The van der Waals surface area contributed by atoms with Crippen molar-refractivity contribution in [3.8, 4) is 0 Å². The van der Waals surface area contributed by atoms with E-state index in [2.05, 4.69) is 20.5 Å². The molecule has 18 heavy (non-hydrogen) atoms. The minimum absolute atomic E-state index is 0.0871. The van der Waals surface area contributed by atoms with Crippen LogP contribution < -0.4 is 15.5 Å². The molecule has 2 bridgehead atoms. The number of rotatable bonds is 2. The molecule has 0 saturated carbocycles. The van der Waals surface area contributed by atoms with E-state index in [0.29, 0.717) is 17.6 Å². The maximum absolute atomic E-state index is 11.5. The van der Waals surface area contributed by atoms with Gasteiger partial charge < -0.3 is 15.5 Å². The summed E-state index contributed by atoms with van der Waals surface area (Å²) in [7, 11) is 1.63. The molecule has 1 aromatic heterocycles. The number of pyridine rings is 1. The van der Waals surface area contributed by atoms with Crippen molar-refractivity contribution in [3.63, 3.8) is 0 Å². The smallest absolute Gasteiger partial charge is 0.252 e. The Morgan fingerprint density at radius 2 is 2.39 bits per heavy atom. The van der Waals surface area contributed by atoms with Crippen molar-refractivity contribution >= 4 is 11.7 Å². The molecule has 4 rings (SSSR count). The second kappa shape index (κ2) is 4.57. The summed E-state index contributed by atoms with van der Waals surface area (Å²) in [5, 5.41) is 6.13. The number of piperazine rings is 1. The number of nitrogens with one attached hydrogen (secondary N) is 2. The van der Waals surface area contributed by atoms with Gasteiger partial charge in [-0.2, -0.15) is 0 Å². The summed E-state index contributed by atoms with van der Waals surface area (Å²) >= 11 is 0. The molecule has 2 N–H and O–H groups in total. The number of fused-ring (bicyclic) bond motifs is 3. The van der Waals surface area contributed by atoms with Gasteiger partial charge in [-0.15, -0.1) is 0 Å². The number of carbonyl (C=O) groups excluding carboxylic acids is 1. The molecule has 1 aromatic rings. The number of hydrogen-bond acceptors (Lipinski definition) is 4. The van der Waals surface area contributed by atoms with Gasteiger partial charge in [0, 0.05) is 38.4 Å². The Morgan fingerprint density at radius 1 is 1.50 bits per heavy atom. The number of hydrogen-bond donors (Lipinski definition) is 2. The maximum atomic E-state index is 11.5. The van der Waals surface area contributed by atoms with Crippen molar-refractivity contribution in [3.05, 3.63) is 23.9 Å². The van der Waals surface area contributed by atoms with Crippen molar-refractivity contribution < 1.29 is 4.79 Å². The fourth-order valence-corrected chi connectivity index (χ4v) is 2.82. The van der Waals surface area contributed by atoms with Crippen LogP contribution >= 0.6 is 0 Å². The summed E-state index contributed by atoms with van der Waals surface area (Å²) < 4.78 is 0. The van der Waals surface area contributed by atoms with Crippen LogP contribution in [0.15, 0.2) is 18.3 Å². The van der Waals surface area contributed by atoms with Crippen LogP contribution in [0.1, 0.15) is 23.2 Å². The molecule has 0 aliphatic carbocycles. The van der Waals surface area contributed by atoms with E-state index in [4.69, 9.17) is 0 Å². The van der Waals surface area contributed by atoms with E-state index in [-0.39, 0.29) is 5.91 Å². The summed E-state index contributed by atoms with van der Waals surface area (Å²) in [5.41, 5.74) is 0.613. The first-order chi connectivity index (χ1) is 8.78. The summed E-state index contributed by atoms with van der Waals surface area (Å²) in [5.74, 6) is 0.898. The number of piperidine rings is 2. The SMILES string of the molecule is CNC(=O)c1ccc(N2CC3CCC2CN3)nc1. The van der Waals surface area contributed by atoms with Crippen LogP contribution in [0.2, 0.25) is 0 Å². The lowest BCUT2D eigenvalue weighted by Gasteiger charge is -2.46. The molecule has 3 fully saturated rings. The molecule has 3 saturated heterocycles. The van der Waals surface area contributed by atoms with Gasteiger partial charge in [-0.25, -0.2) is 4.98 Å². The topological polar surface area (TPSA) is 57.3 Å². The van der Waals surface area contributed by atoms with Crippen molar-refractivity contribution in [2.24, 2.45) is 0 Å². The highest BCUT2D eigenvalue weighted by molar-refractivity contribution is 5.93. The average molecular weight is 246 g/mol. The van der Waals surface area contributed by atoms with E-state index in [9.17, 15) is 4.79 Å². The summed E-state index contributed by atoms with van der Waals surface area (Å²) in [6.07, 6.45) is 4.15. The molecule has 2 unspecified atom stereocenters. The van der Waals surface area contributed by atoms with Crippen LogP contribution in [-0.2, 0) is 0 Å². The minimum Gasteiger partial charge on any atom is -0.355 e. The van der Waals surface area contributed by atoms with Gasteiger partial charge in [0.15, 0.2) is 0 Å². The third-order valence-electron chi connectivity index (χ3n) is 3.88. The molecule has 2 atom stereocenters. The fourth-order valence-electron chi connectivity index (χ4n) is 2.82. The second-order valence-electron chi connectivity index (χ2n) is 4.97. The van der Waals surface area contributed by atoms with Crippen molar-refractivity contribution in [1.29, 1.82) is 0 Å². The lowest BCUT2D eigenvalue weighted by molar-refractivity contribution is 0.0963. The Labute approximate surface area is 107 Å². The van der Waals surface area contributed by atoms with Crippen LogP contribution in [0.5, 0.6) is 0 Å². The Kier molecular flexibility index (Phi) is 2.91. The molecule has 0 spiro atoms. The first kappa shape index (κ1) is 11.5. The molecule has 0 aromatic carbocycles. The van der Waals surface area contributed by atoms with Gasteiger partial charge in [0.2, 0.25) is 0 Å². The molecule has 3 aliphatic heterocycles. The van der Waals surface area contributed by atoms with Gasteiger partial charge in [-0.3, -0.25) is 4.79 Å². The number of amides is 1. The molecule has 0 radical (unpaired) electrons. The standard InChI is InChI=1S/C13H18N4O/c1-14-13(18)9-2-5-12(16-6-9)17-8-10-3-4-11(17)7-15-10/h2,5-6,10-11,15H,3-4,7-8H2,1H3,(H,14,18). The fraction of sp³-hybridized carbons (Fsp3) is 0.538. The lowest BCUT2D eigenvalue weighted by atomic mass is 9.93. The first-order valence-corrected chi connectivity index (χ1v) is 6.46. The van der Waals surface area contributed by atoms with Crippen LogP contribution in [0.4, 0.5) is 5.82 Å². The highest BCUT2D eigenvalue weighted by Gasteiger charge is 2.33. The van der Waals surface area contributed by atoms with E-state index in [1.807, 2.05) is 12.1 Å². The van der Waals surface area contributed by atoms with E-state index in [0.717, 1.165) is 18.9 Å². The van der Waals surface area contributed by atoms with Gasteiger partial charge in [0.05, 0.1) is 5.56 Å². The van der Waals surface area contributed by atoms with Crippen molar-refractivity contribution in [1.82, 2.24) is 15.6 Å². The second-order valence-corrected chi connectivity index (χ2v) is 4.97. The van der Waals surface area contributed by atoms with E-state index >= 15 is 0 Å². The number of anilines is 1. The van der Waals surface area contributed by atoms with Crippen LogP contribution in [0.3, 0.4) is 0 Å². The van der Waals surface area contributed by atoms with Crippen LogP contribution in [0, 0.1) is 0 Å². The largest absolute Gasteiger partial charge is 0.355 e. The van der Waals surface area contributed by atoms with Crippen molar-refractivity contribution in [2.75, 3.05) is 25.0 Å². The normalized spacial score (nSPS) is 26.2. The summed E-state index contributed by atoms with van der Waals surface area (Å²) in [4.78, 5) is 18.2. The van der Waals surface area contributed by atoms with Gasteiger partial charge in [-0.05, 0) is 25.0 Å². The number of nitrogens with zero attached hydrogens (tertiary/aromatic N) is 2. The average Bonchev–Trinajstić information content (AvgIpc) is 2.48. The molecule has 1 amide bonds. The Balaban J connectivity index is 1.79. The predicted octanol–water partition coefficient (Wildman–Crippen LogP) is 0.382. The van der Waals surface area contributed by atoms with Gasteiger partial charge >= 0.3 is 0 Å². The zero-order valence-corrected chi connectivity index (χ0v) is 10.5. The molecular weight excluding hydrogens is 228 g/mol. The first-order valence-electron chi connectivity index (χ1n) is 6.46. The molecule has 4 heterocycles. The van der Waals surface area contributed by atoms with Crippen LogP contribution in [0.25, 0.3) is 0 Å². The summed E-state index contributed by atoms with van der Waals surface area (Å²) in [6, 6.07) is 4.94. The molecule has 96 valence electrons. The lowest BCUT2D eigenvalue weighted by Crippen LogP contribution is -2.61. The number of carbonyl (C=O) groups is 1. The Morgan fingerprint density at radius 3 is 2.89 bits per heavy atom. The third kappa shape index (κ3) is 1.95. The Hall–Kier alpha value is -1.62. The van der Waals surface area contributed by atoms with Gasteiger partial charge in [-0.1, -0.05) is 0 Å². The monoisotopic (exact) mass is 246 g/mol.